The number of nitrogens with one attached hydrogen (secondary N) is 1. The lowest BCUT2D eigenvalue weighted by Gasteiger charge is -2.13. The smallest absolute Gasteiger partial charge is 0.237 e. The molecule has 0 radical (unpaired) electrons. The molecular weight excluding hydrogens is 228 g/mol. The van der Waals surface area contributed by atoms with E-state index < -0.39 is 28.9 Å². The maximum Gasteiger partial charge on any atom is 0.237 e. The van der Waals surface area contributed by atoms with Gasteiger partial charge in [0.1, 0.15) is 0 Å². The van der Waals surface area contributed by atoms with Crippen molar-refractivity contribution in [3.8, 4) is 0 Å². The lowest BCUT2D eigenvalue weighted by Crippen LogP contribution is -2.43. The Kier molecular flexibility index (Phi) is 5.10. The highest BCUT2D eigenvalue weighted by atomic mass is 32.2. The predicted octanol–water partition coefficient (Wildman–Crippen LogP) is -0.491. The molecule has 0 spiro atoms. The van der Waals surface area contributed by atoms with Crippen molar-refractivity contribution in [2.24, 2.45) is 5.73 Å². The Morgan fingerprint density at radius 3 is 2.62 bits per heavy atom. The maximum atomic E-state index is 11.3. The fraction of sp³-hybridized carbons (Fsp3) is 0.300. The zero-order valence-corrected chi connectivity index (χ0v) is 9.41. The average molecular weight is 241 g/mol. The largest absolute Gasteiger partial charge is 0.771 e. The van der Waals surface area contributed by atoms with Gasteiger partial charge in [-0.2, -0.15) is 0 Å². The molecule has 88 valence electrons. The van der Waals surface area contributed by atoms with Crippen molar-refractivity contribution in [1.29, 1.82) is 0 Å². The van der Waals surface area contributed by atoms with Crippen LogP contribution in [0, 0.1) is 0 Å². The minimum Gasteiger partial charge on any atom is -0.771 e. The van der Waals surface area contributed by atoms with E-state index in [1.165, 1.54) is 0 Å². The highest BCUT2D eigenvalue weighted by Crippen LogP contribution is 2.01. The SMILES string of the molecule is N[C@@H](Cc1ccccc1)C(=O)NCS(=O)[O-]. The molecule has 0 aliphatic carbocycles. The van der Waals surface area contributed by atoms with Gasteiger partial charge in [-0.1, -0.05) is 30.3 Å². The first-order chi connectivity index (χ1) is 7.59. The van der Waals surface area contributed by atoms with E-state index in [1.807, 2.05) is 30.3 Å². The van der Waals surface area contributed by atoms with E-state index in [4.69, 9.17) is 5.73 Å². The van der Waals surface area contributed by atoms with Gasteiger partial charge in [-0.15, -0.1) is 0 Å². The van der Waals surface area contributed by atoms with Gasteiger partial charge in [-0.05, 0) is 23.1 Å². The summed E-state index contributed by atoms with van der Waals surface area (Å²) in [5, 5.41) is 2.23. The van der Waals surface area contributed by atoms with E-state index in [2.05, 4.69) is 5.32 Å². The number of amides is 1. The topological polar surface area (TPSA) is 95.2 Å². The molecule has 1 aromatic carbocycles. The van der Waals surface area contributed by atoms with Gasteiger partial charge in [-0.3, -0.25) is 9.00 Å². The predicted molar refractivity (Wildman–Crippen MR) is 60.1 cm³/mol. The Labute approximate surface area is 96.3 Å². The molecule has 5 nitrogen and oxygen atoms in total. The molecule has 0 fully saturated rings. The fourth-order valence-corrected chi connectivity index (χ4v) is 1.48. The van der Waals surface area contributed by atoms with Gasteiger partial charge in [0.15, 0.2) is 0 Å². The molecule has 1 amide bonds. The molecule has 0 aromatic heterocycles. The van der Waals surface area contributed by atoms with E-state index >= 15 is 0 Å². The standard InChI is InChI=1S/C10H14N2O3S/c11-9(10(13)12-7-16(14)15)6-8-4-2-1-3-5-8/h1-5,9H,6-7,11H2,(H,12,13)(H,14,15)/p-1/t9-/m0/s1. The number of carbonyl (C=O) groups excluding carboxylic acids is 1. The Morgan fingerprint density at radius 2 is 2.06 bits per heavy atom. The summed E-state index contributed by atoms with van der Waals surface area (Å²) in [6.45, 7) is 0. The summed E-state index contributed by atoms with van der Waals surface area (Å²) in [7, 11) is 0. The van der Waals surface area contributed by atoms with Crippen LogP contribution in [0.4, 0.5) is 0 Å². The normalized spacial score (nSPS) is 14.1. The van der Waals surface area contributed by atoms with Crippen molar-refractivity contribution in [3.05, 3.63) is 35.9 Å². The number of rotatable bonds is 5. The molecule has 16 heavy (non-hydrogen) atoms. The lowest BCUT2D eigenvalue weighted by atomic mass is 10.1. The summed E-state index contributed by atoms with van der Waals surface area (Å²) in [5.41, 5.74) is 6.56. The van der Waals surface area contributed by atoms with E-state index in [0.717, 1.165) is 5.56 Å². The number of hydrogen-bond donors (Lipinski definition) is 2. The van der Waals surface area contributed by atoms with Gasteiger partial charge >= 0.3 is 0 Å². The van der Waals surface area contributed by atoms with E-state index in [-0.39, 0.29) is 0 Å². The fourth-order valence-electron chi connectivity index (χ4n) is 1.22. The minimum atomic E-state index is -2.29. The van der Waals surface area contributed by atoms with Crippen LogP contribution in [-0.4, -0.2) is 26.6 Å². The number of nitrogens with two attached hydrogens (primary N) is 1. The zero-order chi connectivity index (χ0) is 12.0. The Balaban J connectivity index is 2.43. The van der Waals surface area contributed by atoms with Crippen LogP contribution in [0.25, 0.3) is 0 Å². The number of carbonyl (C=O) groups is 1. The van der Waals surface area contributed by atoms with Crippen molar-refractivity contribution in [3.63, 3.8) is 0 Å². The molecular formula is C10H13N2O3S-. The van der Waals surface area contributed by atoms with Crippen molar-refractivity contribution in [1.82, 2.24) is 5.32 Å². The number of hydrogen-bond acceptors (Lipinski definition) is 4. The van der Waals surface area contributed by atoms with Gasteiger partial charge in [0, 0.05) is 0 Å². The van der Waals surface area contributed by atoms with Gasteiger partial charge in [0.25, 0.3) is 0 Å². The molecule has 0 heterocycles. The second kappa shape index (κ2) is 6.37. The third-order valence-corrected chi connectivity index (χ3v) is 2.38. The first-order valence-corrected chi connectivity index (χ1v) is 5.97. The zero-order valence-electron chi connectivity index (χ0n) is 8.59. The molecule has 0 saturated carbocycles. The van der Waals surface area contributed by atoms with Crippen LogP contribution < -0.4 is 11.1 Å². The summed E-state index contributed by atoms with van der Waals surface area (Å²) in [4.78, 5) is 11.3. The van der Waals surface area contributed by atoms with Gasteiger partial charge < -0.3 is 15.6 Å². The van der Waals surface area contributed by atoms with Crippen LogP contribution >= 0.6 is 0 Å². The molecule has 0 saturated heterocycles. The maximum absolute atomic E-state index is 11.3. The first-order valence-electron chi connectivity index (χ1n) is 4.72. The van der Waals surface area contributed by atoms with E-state index in [9.17, 15) is 13.6 Å². The van der Waals surface area contributed by atoms with Crippen LogP contribution in [0.3, 0.4) is 0 Å². The van der Waals surface area contributed by atoms with Crippen LogP contribution in [0.1, 0.15) is 5.56 Å². The average Bonchev–Trinajstić information content (AvgIpc) is 2.27. The van der Waals surface area contributed by atoms with E-state index in [0.29, 0.717) is 6.42 Å². The number of benzene rings is 1. The van der Waals surface area contributed by atoms with Crippen LogP contribution in [0.2, 0.25) is 0 Å². The molecule has 0 bridgehead atoms. The van der Waals surface area contributed by atoms with Crippen LogP contribution in [0.5, 0.6) is 0 Å². The Bertz CT molecular complexity index is 370. The summed E-state index contributed by atoms with van der Waals surface area (Å²) in [6.07, 6.45) is 0.387. The van der Waals surface area contributed by atoms with Gasteiger partial charge in [0.2, 0.25) is 5.91 Å². The van der Waals surface area contributed by atoms with Crippen LogP contribution in [-0.2, 0) is 22.3 Å². The summed E-state index contributed by atoms with van der Waals surface area (Å²) in [5.74, 6) is -0.866. The second-order valence-corrected chi connectivity index (χ2v) is 4.18. The second-order valence-electron chi connectivity index (χ2n) is 3.29. The van der Waals surface area contributed by atoms with Crippen molar-refractivity contribution in [2.75, 3.05) is 5.88 Å². The minimum absolute atomic E-state index is 0.387. The first kappa shape index (κ1) is 12.8. The van der Waals surface area contributed by atoms with Crippen molar-refractivity contribution in [2.45, 2.75) is 12.5 Å². The molecule has 1 aromatic rings. The third kappa shape index (κ3) is 4.52. The summed E-state index contributed by atoms with van der Waals surface area (Å²) in [6, 6.07) is 8.57. The van der Waals surface area contributed by atoms with Crippen LogP contribution in [0.15, 0.2) is 30.3 Å². The summed E-state index contributed by atoms with van der Waals surface area (Å²) >= 11 is -2.29. The monoisotopic (exact) mass is 241 g/mol. The quantitative estimate of drug-likeness (QED) is 0.680. The molecule has 0 aliphatic rings. The molecule has 1 rings (SSSR count). The van der Waals surface area contributed by atoms with E-state index in [1.54, 1.807) is 0 Å². The molecule has 2 atom stereocenters. The molecule has 3 N–H and O–H groups in total. The Morgan fingerprint density at radius 1 is 1.44 bits per heavy atom. The molecule has 1 unspecified atom stereocenters. The highest BCUT2D eigenvalue weighted by Gasteiger charge is 2.12. The highest BCUT2D eigenvalue weighted by molar-refractivity contribution is 7.79. The Hall–Kier alpha value is -1.24. The van der Waals surface area contributed by atoms with Gasteiger partial charge in [0.05, 0.1) is 11.9 Å². The molecule has 0 aliphatic heterocycles. The summed E-state index contributed by atoms with van der Waals surface area (Å²) < 4.78 is 20.5. The molecule has 6 heteroatoms. The van der Waals surface area contributed by atoms with Crippen molar-refractivity contribution < 1.29 is 13.6 Å². The third-order valence-electron chi connectivity index (χ3n) is 2.00. The van der Waals surface area contributed by atoms with Gasteiger partial charge in [-0.25, -0.2) is 0 Å². The van der Waals surface area contributed by atoms with Crippen molar-refractivity contribution >= 4 is 17.0 Å². The lowest BCUT2D eigenvalue weighted by molar-refractivity contribution is -0.122.